The summed E-state index contributed by atoms with van der Waals surface area (Å²) in [5, 5.41) is 12.6. The van der Waals surface area contributed by atoms with Gasteiger partial charge in [-0.25, -0.2) is 0 Å². The second-order valence-corrected chi connectivity index (χ2v) is 4.52. The van der Waals surface area contributed by atoms with E-state index in [9.17, 15) is 9.90 Å². The average Bonchev–Trinajstić information content (AvgIpc) is 2.52. The first-order valence-corrected chi connectivity index (χ1v) is 6.51. The highest BCUT2D eigenvalue weighted by molar-refractivity contribution is 6.25. The van der Waals surface area contributed by atoms with E-state index in [1.807, 2.05) is 18.2 Å². The molecule has 2 rings (SSSR count). The van der Waals surface area contributed by atoms with Gasteiger partial charge < -0.3 is 14.6 Å². The summed E-state index contributed by atoms with van der Waals surface area (Å²) in [6, 6.07) is 9.05. The molecule has 0 aliphatic carbocycles. The molecule has 1 heterocycles. The van der Waals surface area contributed by atoms with Gasteiger partial charge in [-0.05, 0) is 5.53 Å². The number of hydrogen-bond donors (Lipinski definition) is 1. The van der Waals surface area contributed by atoms with Gasteiger partial charge in [0.1, 0.15) is 12.0 Å². The fraction of sp³-hybridized carbons (Fsp3) is 0.308. The quantitative estimate of drug-likeness (QED) is 0.523. The molecular formula is C13H12ClN3O4. The van der Waals surface area contributed by atoms with E-state index in [0.717, 1.165) is 11.1 Å². The number of carboxylic acids is 1. The molecule has 0 radical (unpaired) electrons. The van der Waals surface area contributed by atoms with E-state index in [1.165, 1.54) is 0 Å². The van der Waals surface area contributed by atoms with Crippen LogP contribution in [-0.2, 0) is 14.3 Å². The second kappa shape index (κ2) is 7.10. The molecule has 8 heteroatoms. The van der Waals surface area contributed by atoms with Gasteiger partial charge in [0.2, 0.25) is 0 Å². The molecule has 0 amide bonds. The van der Waals surface area contributed by atoms with Crippen LogP contribution in [0.2, 0.25) is 0 Å². The maximum Gasteiger partial charge on any atom is 0.311 e. The lowest BCUT2D eigenvalue weighted by Crippen LogP contribution is -2.41. The van der Waals surface area contributed by atoms with Gasteiger partial charge >= 0.3 is 5.97 Å². The zero-order chi connectivity index (χ0) is 15.2. The molecule has 0 unspecified atom stereocenters. The van der Waals surface area contributed by atoms with Gasteiger partial charge in [0.25, 0.3) is 0 Å². The van der Waals surface area contributed by atoms with Gasteiger partial charge in [-0.15, -0.1) is 0 Å². The van der Waals surface area contributed by atoms with Crippen LogP contribution in [-0.4, -0.2) is 23.8 Å². The number of aliphatic carboxylic acids is 1. The Morgan fingerprint density at radius 2 is 2.19 bits per heavy atom. The Kier molecular flexibility index (Phi) is 5.19. The summed E-state index contributed by atoms with van der Waals surface area (Å²) in [6.45, 7) is -0.0747. The molecular weight excluding hydrogens is 298 g/mol. The molecule has 0 aromatic heterocycles. The lowest BCUT2D eigenvalue weighted by Gasteiger charge is -2.34. The van der Waals surface area contributed by atoms with Crippen molar-refractivity contribution in [2.24, 2.45) is 11.0 Å². The van der Waals surface area contributed by atoms with Gasteiger partial charge in [-0.2, -0.15) is 0 Å². The molecule has 0 saturated carbocycles. The van der Waals surface area contributed by atoms with E-state index in [-0.39, 0.29) is 12.3 Å². The van der Waals surface area contributed by atoms with Crippen LogP contribution >= 0.6 is 11.6 Å². The van der Waals surface area contributed by atoms with Crippen molar-refractivity contribution in [2.75, 3.05) is 6.61 Å². The van der Waals surface area contributed by atoms with Crippen LogP contribution in [0.1, 0.15) is 11.9 Å². The third-order valence-electron chi connectivity index (χ3n) is 3.02. The molecule has 1 N–H and O–H groups in total. The van der Waals surface area contributed by atoms with Crippen molar-refractivity contribution < 1.29 is 19.4 Å². The van der Waals surface area contributed by atoms with Crippen molar-refractivity contribution in [3.05, 3.63) is 57.6 Å². The summed E-state index contributed by atoms with van der Waals surface area (Å²) >= 11 is 5.60. The van der Waals surface area contributed by atoms with E-state index < -0.39 is 24.3 Å². The standard InChI is InChI=1S/C13H12ClN3O4/c14-6-10(16-17-15)11-9(12(18)19)7-20-13(21-11)8-4-2-1-3-5-8/h1-6,9,11,13H,7H2,(H,18,19)/b10-6+/t9-,11-,13-/m1/s1. The normalized spacial score (nSPS) is 26.0. The van der Waals surface area contributed by atoms with E-state index >= 15 is 0 Å². The summed E-state index contributed by atoms with van der Waals surface area (Å²) < 4.78 is 11.1. The van der Waals surface area contributed by atoms with E-state index in [2.05, 4.69) is 10.0 Å². The predicted molar refractivity (Wildman–Crippen MR) is 74.2 cm³/mol. The van der Waals surface area contributed by atoms with Crippen LogP contribution in [0.4, 0.5) is 0 Å². The number of halogens is 1. The first-order valence-electron chi connectivity index (χ1n) is 6.07. The van der Waals surface area contributed by atoms with Crippen LogP contribution in [0.3, 0.4) is 0 Å². The number of ether oxygens (including phenoxy) is 2. The zero-order valence-corrected chi connectivity index (χ0v) is 11.6. The van der Waals surface area contributed by atoms with Crippen LogP contribution in [0, 0.1) is 5.92 Å². The highest BCUT2D eigenvalue weighted by atomic mass is 35.5. The number of nitrogens with zero attached hydrogens (tertiary/aromatic N) is 3. The van der Waals surface area contributed by atoms with Crippen molar-refractivity contribution in [3.63, 3.8) is 0 Å². The largest absolute Gasteiger partial charge is 0.481 e. The topological polar surface area (TPSA) is 105 Å². The van der Waals surface area contributed by atoms with E-state index in [1.54, 1.807) is 12.1 Å². The van der Waals surface area contributed by atoms with Crippen molar-refractivity contribution in [1.29, 1.82) is 0 Å². The molecule has 21 heavy (non-hydrogen) atoms. The number of carboxylic acid groups (broad SMARTS) is 1. The molecule has 1 saturated heterocycles. The van der Waals surface area contributed by atoms with Gasteiger partial charge in [0, 0.05) is 16.0 Å². The maximum absolute atomic E-state index is 11.3. The third-order valence-corrected chi connectivity index (χ3v) is 3.24. The summed E-state index contributed by atoms with van der Waals surface area (Å²) in [5.41, 5.74) is 10.3. The number of benzene rings is 1. The van der Waals surface area contributed by atoms with Crippen molar-refractivity contribution in [3.8, 4) is 0 Å². The van der Waals surface area contributed by atoms with E-state index in [0.29, 0.717) is 0 Å². The molecule has 0 spiro atoms. The minimum absolute atomic E-state index is 0.01000. The van der Waals surface area contributed by atoms with Crippen molar-refractivity contribution in [1.82, 2.24) is 0 Å². The van der Waals surface area contributed by atoms with Crippen molar-refractivity contribution >= 4 is 17.6 Å². The van der Waals surface area contributed by atoms with Crippen LogP contribution in [0.15, 0.2) is 46.7 Å². The summed E-state index contributed by atoms with van der Waals surface area (Å²) in [5.74, 6) is -2.11. The molecule has 1 aliphatic rings. The zero-order valence-electron chi connectivity index (χ0n) is 10.8. The molecule has 1 fully saturated rings. The smallest absolute Gasteiger partial charge is 0.311 e. The molecule has 0 bridgehead atoms. The Morgan fingerprint density at radius 3 is 2.76 bits per heavy atom. The predicted octanol–water partition coefficient (Wildman–Crippen LogP) is 3.19. The summed E-state index contributed by atoms with van der Waals surface area (Å²) in [4.78, 5) is 13.9. The molecule has 110 valence electrons. The number of rotatable bonds is 4. The first kappa shape index (κ1) is 15.3. The summed E-state index contributed by atoms with van der Waals surface area (Å²) in [7, 11) is 0. The van der Waals surface area contributed by atoms with Gasteiger partial charge in [0.05, 0.1) is 12.3 Å². The summed E-state index contributed by atoms with van der Waals surface area (Å²) in [6.07, 6.45) is -1.72. The lowest BCUT2D eigenvalue weighted by molar-refractivity contribution is -0.234. The molecule has 1 aromatic carbocycles. The lowest BCUT2D eigenvalue weighted by atomic mass is 10.00. The van der Waals surface area contributed by atoms with Gasteiger partial charge in [-0.1, -0.05) is 47.0 Å². The van der Waals surface area contributed by atoms with Crippen LogP contribution in [0.25, 0.3) is 10.4 Å². The monoisotopic (exact) mass is 309 g/mol. The third kappa shape index (κ3) is 3.53. The first-order chi connectivity index (χ1) is 10.2. The van der Waals surface area contributed by atoms with Gasteiger partial charge in [0.15, 0.2) is 6.29 Å². The second-order valence-electron chi connectivity index (χ2n) is 4.30. The highest BCUT2D eigenvalue weighted by Crippen LogP contribution is 2.33. The Hall–Kier alpha value is -2.05. The molecule has 1 aromatic rings. The molecule has 1 aliphatic heterocycles. The number of hydrogen-bond acceptors (Lipinski definition) is 4. The fourth-order valence-corrected chi connectivity index (χ4v) is 2.17. The maximum atomic E-state index is 11.3. The van der Waals surface area contributed by atoms with Crippen LogP contribution in [0.5, 0.6) is 0 Å². The Morgan fingerprint density at radius 1 is 1.48 bits per heavy atom. The number of azide groups is 1. The van der Waals surface area contributed by atoms with Crippen molar-refractivity contribution in [2.45, 2.75) is 12.4 Å². The SMILES string of the molecule is [N-]=[N+]=N/C(=C/Cl)[C@@H]1O[C@H](c2ccccc2)OC[C@H]1C(=O)O. The Bertz CT molecular complexity index is 586. The minimum atomic E-state index is -1.12. The van der Waals surface area contributed by atoms with Crippen LogP contribution < -0.4 is 0 Å². The van der Waals surface area contributed by atoms with Gasteiger partial charge in [-0.3, -0.25) is 4.79 Å². The molecule has 3 atom stereocenters. The Balaban J connectivity index is 2.27. The minimum Gasteiger partial charge on any atom is -0.481 e. The number of carbonyl (C=O) groups is 1. The highest BCUT2D eigenvalue weighted by Gasteiger charge is 2.39. The average molecular weight is 310 g/mol. The molecule has 7 nitrogen and oxygen atoms in total. The Labute approximate surface area is 125 Å². The van der Waals surface area contributed by atoms with E-state index in [4.69, 9.17) is 26.6 Å². The fourth-order valence-electron chi connectivity index (χ4n) is 2.00.